The third-order valence-electron chi connectivity index (χ3n) is 5.07. The molecule has 160 valence electrons. The van der Waals surface area contributed by atoms with Gasteiger partial charge in [0.15, 0.2) is 0 Å². The van der Waals surface area contributed by atoms with E-state index < -0.39 is 0 Å². The molecule has 1 aliphatic rings. The number of aromatic nitrogens is 1. The van der Waals surface area contributed by atoms with E-state index in [9.17, 15) is 4.79 Å². The number of nitrogens with one attached hydrogen (secondary N) is 1. The fourth-order valence-electron chi connectivity index (χ4n) is 3.30. The molecule has 1 aliphatic heterocycles. The highest BCUT2D eigenvalue weighted by molar-refractivity contribution is 5.94. The molecule has 1 saturated heterocycles. The van der Waals surface area contributed by atoms with E-state index in [0.29, 0.717) is 25.3 Å². The van der Waals surface area contributed by atoms with Crippen LogP contribution in [-0.4, -0.2) is 30.2 Å². The number of benzene rings is 2. The van der Waals surface area contributed by atoms with Crippen LogP contribution in [0.15, 0.2) is 72.9 Å². The molecule has 0 saturated carbocycles. The Hall–Kier alpha value is -3.38. The average Bonchev–Trinajstić information content (AvgIpc) is 3.35. The molecule has 4 rings (SSSR count). The molecule has 1 unspecified atom stereocenters. The summed E-state index contributed by atoms with van der Waals surface area (Å²) >= 11 is 0. The highest BCUT2D eigenvalue weighted by atomic mass is 16.5. The minimum atomic E-state index is -0.124. The first-order valence-electron chi connectivity index (χ1n) is 10.5. The van der Waals surface area contributed by atoms with Gasteiger partial charge in [-0.25, -0.2) is 0 Å². The predicted octanol–water partition coefficient (Wildman–Crippen LogP) is 4.15. The first kappa shape index (κ1) is 20.9. The number of rotatable bonds is 9. The number of hydrogen-bond acceptors (Lipinski definition) is 5. The van der Waals surface area contributed by atoms with Gasteiger partial charge in [0.05, 0.1) is 11.8 Å². The van der Waals surface area contributed by atoms with Gasteiger partial charge in [-0.2, -0.15) is 0 Å². The smallest absolute Gasteiger partial charge is 0.251 e. The Kier molecular flexibility index (Phi) is 7.13. The highest BCUT2D eigenvalue weighted by Gasteiger charge is 2.16. The van der Waals surface area contributed by atoms with E-state index in [1.54, 1.807) is 18.3 Å². The predicted molar refractivity (Wildman–Crippen MR) is 117 cm³/mol. The molecule has 0 bridgehead atoms. The van der Waals surface area contributed by atoms with Gasteiger partial charge in [0.25, 0.3) is 5.91 Å². The largest absolute Gasteiger partial charge is 0.491 e. The maximum Gasteiger partial charge on any atom is 0.251 e. The van der Waals surface area contributed by atoms with Gasteiger partial charge in [-0.05, 0) is 66.9 Å². The van der Waals surface area contributed by atoms with Crippen LogP contribution >= 0.6 is 0 Å². The van der Waals surface area contributed by atoms with Gasteiger partial charge in [-0.3, -0.25) is 9.78 Å². The minimum absolute atomic E-state index is 0.124. The molecule has 1 N–H and O–H groups in total. The van der Waals surface area contributed by atoms with Gasteiger partial charge in [-0.1, -0.05) is 18.2 Å². The first-order valence-corrected chi connectivity index (χ1v) is 10.5. The van der Waals surface area contributed by atoms with Crippen molar-refractivity contribution in [3.63, 3.8) is 0 Å². The normalized spacial score (nSPS) is 15.4. The Balaban J connectivity index is 1.21. The lowest BCUT2D eigenvalue weighted by Gasteiger charge is -2.12. The van der Waals surface area contributed by atoms with Crippen LogP contribution in [0.2, 0.25) is 0 Å². The molecule has 0 aliphatic carbocycles. The van der Waals surface area contributed by atoms with E-state index in [2.05, 4.69) is 10.3 Å². The Morgan fingerprint density at radius 2 is 1.77 bits per heavy atom. The van der Waals surface area contributed by atoms with Crippen molar-refractivity contribution in [1.82, 2.24) is 10.3 Å². The Bertz CT molecular complexity index is 953. The second kappa shape index (κ2) is 10.6. The molecule has 2 heterocycles. The zero-order valence-corrected chi connectivity index (χ0v) is 17.3. The molecule has 3 aromatic rings. The number of hydrogen-bond donors (Lipinski definition) is 1. The van der Waals surface area contributed by atoms with Crippen molar-refractivity contribution >= 4 is 5.91 Å². The maximum absolute atomic E-state index is 12.4. The summed E-state index contributed by atoms with van der Waals surface area (Å²) in [4.78, 5) is 16.7. The molecule has 1 atom stereocenters. The fraction of sp³-hybridized carbons (Fsp3) is 0.280. The van der Waals surface area contributed by atoms with Gasteiger partial charge in [0.2, 0.25) is 0 Å². The zero-order chi connectivity index (χ0) is 21.3. The number of carbonyl (C=O) groups excluding carboxylic acids is 1. The number of amides is 1. The summed E-state index contributed by atoms with van der Waals surface area (Å²) in [7, 11) is 0. The molecule has 1 fully saturated rings. The van der Waals surface area contributed by atoms with Crippen molar-refractivity contribution in [3.05, 3.63) is 89.7 Å². The van der Waals surface area contributed by atoms with Crippen LogP contribution in [0.5, 0.6) is 11.5 Å². The summed E-state index contributed by atoms with van der Waals surface area (Å²) in [5, 5.41) is 2.94. The molecule has 6 nitrogen and oxygen atoms in total. The molecule has 2 aromatic carbocycles. The second-order valence-electron chi connectivity index (χ2n) is 7.41. The van der Waals surface area contributed by atoms with Crippen molar-refractivity contribution in [1.29, 1.82) is 0 Å². The van der Waals surface area contributed by atoms with Crippen molar-refractivity contribution in [2.75, 3.05) is 13.2 Å². The summed E-state index contributed by atoms with van der Waals surface area (Å²) in [6.45, 7) is 2.22. The Labute approximate surface area is 182 Å². The van der Waals surface area contributed by atoms with Crippen LogP contribution < -0.4 is 14.8 Å². The SMILES string of the molecule is O=C(NCc1ccc(OCc2ccccn2)cc1)c1ccc(OCC2CCCO2)cc1. The van der Waals surface area contributed by atoms with Crippen LogP contribution in [0.25, 0.3) is 0 Å². The van der Waals surface area contributed by atoms with Gasteiger partial charge in [0.1, 0.15) is 24.7 Å². The van der Waals surface area contributed by atoms with E-state index in [1.165, 1.54) is 0 Å². The van der Waals surface area contributed by atoms with Crippen molar-refractivity contribution in [2.45, 2.75) is 32.1 Å². The summed E-state index contributed by atoms with van der Waals surface area (Å²) in [6.07, 6.45) is 4.05. The topological polar surface area (TPSA) is 69.7 Å². The van der Waals surface area contributed by atoms with E-state index in [-0.39, 0.29) is 12.0 Å². The Morgan fingerprint density at radius 3 is 2.48 bits per heavy atom. The first-order chi connectivity index (χ1) is 15.3. The molecule has 0 spiro atoms. The highest BCUT2D eigenvalue weighted by Crippen LogP contribution is 2.17. The van der Waals surface area contributed by atoms with Crippen molar-refractivity contribution < 1.29 is 19.0 Å². The molecule has 1 aromatic heterocycles. The molecular weight excluding hydrogens is 392 g/mol. The quantitative estimate of drug-likeness (QED) is 0.565. The van der Waals surface area contributed by atoms with E-state index in [4.69, 9.17) is 14.2 Å². The summed E-state index contributed by atoms with van der Waals surface area (Å²) in [5.74, 6) is 1.38. The van der Waals surface area contributed by atoms with Crippen LogP contribution in [0, 0.1) is 0 Å². The number of ether oxygens (including phenoxy) is 3. The van der Waals surface area contributed by atoms with Gasteiger partial charge in [0, 0.05) is 24.9 Å². The zero-order valence-electron chi connectivity index (χ0n) is 17.3. The number of pyridine rings is 1. The Morgan fingerprint density at radius 1 is 1.00 bits per heavy atom. The fourth-order valence-corrected chi connectivity index (χ4v) is 3.30. The third kappa shape index (κ3) is 6.30. The number of carbonyl (C=O) groups is 1. The lowest BCUT2D eigenvalue weighted by Crippen LogP contribution is -2.22. The second-order valence-corrected chi connectivity index (χ2v) is 7.41. The lowest BCUT2D eigenvalue weighted by molar-refractivity contribution is 0.0679. The minimum Gasteiger partial charge on any atom is -0.491 e. The average molecular weight is 418 g/mol. The summed E-state index contributed by atoms with van der Waals surface area (Å²) in [6, 6.07) is 20.6. The monoisotopic (exact) mass is 418 g/mol. The third-order valence-corrected chi connectivity index (χ3v) is 5.07. The van der Waals surface area contributed by atoms with Gasteiger partial charge >= 0.3 is 0 Å². The van der Waals surface area contributed by atoms with E-state index in [0.717, 1.165) is 42.2 Å². The molecule has 1 amide bonds. The van der Waals surface area contributed by atoms with Crippen LogP contribution in [0.4, 0.5) is 0 Å². The standard InChI is InChI=1S/C25H26N2O4/c28-25(20-8-12-23(13-9-20)31-18-24-5-3-15-29-24)27-16-19-6-10-22(11-7-19)30-17-21-4-1-2-14-26-21/h1-2,4,6-14,24H,3,5,15-18H2,(H,27,28). The lowest BCUT2D eigenvalue weighted by atomic mass is 10.2. The molecule has 31 heavy (non-hydrogen) atoms. The molecular formula is C25H26N2O4. The van der Waals surface area contributed by atoms with Crippen LogP contribution in [-0.2, 0) is 17.9 Å². The van der Waals surface area contributed by atoms with Gasteiger partial charge < -0.3 is 19.5 Å². The molecule has 6 heteroatoms. The summed E-state index contributed by atoms with van der Waals surface area (Å²) < 4.78 is 17.0. The maximum atomic E-state index is 12.4. The van der Waals surface area contributed by atoms with Crippen LogP contribution in [0.3, 0.4) is 0 Å². The number of nitrogens with zero attached hydrogens (tertiary/aromatic N) is 1. The van der Waals surface area contributed by atoms with Gasteiger partial charge in [-0.15, -0.1) is 0 Å². The van der Waals surface area contributed by atoms with Crippen LogP contribution in [0.1, 0.15) is 34.5 Å². The summed E-state index contributed by atoms with van der Waals surface area (Å²) in [5.41, 5.74) is 2.47. The van der Waals surface area contributed by atoms with E-state index >= 15 is 0 Å². The van der Waals surface area contributed by atoms with E-state index in [1.807, 2.05) is 54.6 Å². The molecule has 0 radical (unpaired) electrons. The van der Waals surface area contributed by atoms with Crippen molar-refractivity contribution in [2.24, 2.45) is 0 Å². The van der Waals surface area contributed by atoms with Crippen molar-refractivity contribution in [3.8, 4) is 11.5 Å².